The molecular formula is C30H29F3N2O3. The highest BCUT2D eigenvalue weighted by atomic mass is 19.4. The fraction of sp³-hybridized carbons (Fsp3) is 0.333. The molecule has 1 heterocycles. The molecule has 0 bridgehead atoms. The van der Waals surface area contributed by atoms with Crippen molar-refractivity contribution in [1.82, 2.24) is 5.32 Å². The van der Waals surface area contributed by atoms with Gasteiger partial charge >= 0.3 is 12.1 Å². The molecular weight excluding hydrogens is 493 g/mol. The van der Waals surface area contributed by atoms with E-state index in [4.69, 9.17) is 4.74 Å². The van der Waals surface area contributed by atoms with Gasteiger partial charge in [-0.05, 0) is 73.7 Å². The molecule has 1 unspecified atom stereocenters. The van der Waals surface area contributed by atoms with Crippen LogP contribution in [0.25, 0.3) is 0 Å². The number of benzene rings is 3. The SMILES string of the molecule is COC(=O)c1ccc([C@H](C)NC(=O)c2cccc3c2N(C(C)c2ccc(C(F)(F)F)cc2)CC32CC2)cc1. The standard InChI is InChI=1S/C30H29F3N2O3/c1-18(20-7-9-22(10-8-20)28(37)38-3)34-27(36)24-5-4-6-25-26(24)35(17-29(25)15-16-29)19(2)21-11-13-23(14-12-21)30(31,32)33/h4-14,18-19H,15-17H2,1-3H3,(H,34,36)/t18-,19?/m0/s1. The number of hydrogen-bond donors (Lipinski definition) is 1. The second-order valence-electron chi connectivity index (χ2n) is 10.2. The van der Waals surface area contributed by atoms with Gasteiger partial charge in [0.2, 0.25) is 0 Å². The van der Waals surface area contributed by atoms with Crippen molar-refractivity contribution in [3.05, 3.63) is 100 Å². The van der Waals surface area contributed by atoms with Crippen LogP contribution >= 0.6 is 0 Å². The number of anilines is 1. The van der Waals surface area contributed by atoms with Crippen molar-refractivity contribution in [3.63, 3.8) is 0 Å². The molecule has 0 aromatic heterocycles. The Balaban J connectivity index is 1.41. The normalized spacial score (nSPS) is 17.1. The van der Waals surface area contributed by atoms with Crippen LogP contribution in [0.2, 0.25) is 0 Å². The number of halogens is 3. The second-order valence-corrected chi connectivity index (χ2v) is 10.2. The second kappa shape index (κ2) is 9.49. The van der Waals surface area contributed by atoms with Gasteiger partial charge < -0.3 is 15.0 Å². The Kier molecular flexibility index (Phi) is 6.45. The number of rotatable bonds is 6. The third-order valence-corrected chi connectivity index (χ3v) is 7.83. The zero-order valence-electron chi connectivity index (χ0n) is 21.4. The molecule has 1 saturated carbocycles. The Labute approximate surface area is 219 Å². The first-order chi connectivity index (χ1) is 18.0. The lowest BCUT2D eigenvalue weighted by molar-refractivity contribution is -0.137. The molecule has 3 aromatic rings. The van der Waals surface area contributed by atoms with Crippen LogP contribution in [-0.4, -0.2) is 25.5 Å². The zero-order valence-corrected chi connectivity index (χ0v) is 21.4. The van der Waals surface area contributed by atoms with Crippen molar-refractivity contribution in [3.8, 4) is 0 Å². The van der Waals surface area contributed by atoms with E-state index in [-0.39, 0.29) is 23.4 Å². The summed E-state index contributed by atoms with van der Waals surface area (Å²) in [5.74, 6) is -0.655. The maximum absolute atomic E-state index is 13.6. The summed E-state index contributed by atoms with van der Waals surface area (Å²) in [6.45, 7) is 4.56. The Hall–Kier alpha value is -3.81. The maximum Gasteiger partial charge on any atom is 0.416 e. The largest absolute Gasteiger partial charge is 0.465 e. The first kappa shape index (κ1) is 25.8. The highest BCUT2D eigenvalue weighted by Gasteiger charge is 2.53. The Morgan fingerprint density at radius 3 is 2.16 bits per heavy atom. The lowest BCUT2D eigenvalue weighted by Crippen LogP contribution is -2.31. The van der Waals surface area contributed by atoms with Crippen LogP contribution in [0, 0.1) is 0 Å². The van der Waals surface area contributed by atoms with E-state index in [0.29, 0.717) is 11.1 Å². The van der Waals surface area contributed by atoms with Crippen molar-refractivity contribution in [1.29, 1.82) is 0 Å². The van der Waals surface area contributed by atoms with Crippen molar-refractivity contribution >= 4 is 17.6 Å². The van der Waals surface area contributed by atoms with E-state index < -0.39 is 17.7 Å². The van der Waals surface area contributed by atoms with Gasteiger partial charge in [-0.3, -0.25) is 4.79 Å². The van der Waals surface area contributed by atoms with Gasteiger partial charge in [0, 0.05) is 12.0 Å². The zero-order chi connectivity index (χ0) is 27.2. The number of hydrogen-bond acceptors (Lipinski definition) is 4. The topological polar surface area (TPSA) is 58.6 Å². The molecule has 3 aromatic carbocycles. The van der Waals surface area contributed by atoms with Crippen LogP contribution in [-0.2, 0) is 16.3 Å². The highest BCUT2D eigenvalue weighted by Crippen LogP contribution is 2.58. The Morgan fingerprint density at radius 2 is 1.58 bits per heavy atom. The third kappa shape index (κ3) is 4.64. The number of carbonyl (C=O) groups is 2. The van der Waals surface area contributed by atoms with E-state index in [9.17, 15) is 22.8 Å². The quantitative estimate of drug-likeness (QED) is 0.371. The van der Waals surface area contributed by atoms with E-state index in [1.165, 1.54) is 19.2 Å². The van der Waals surface area contributed by atoms with E-state index >= 15 is 0 Å². The van der Waals surface area contributed by atoms with Crippen molar-refractivity contribution in [2.45, 2.75) is 50.4 Å². The third-order valence-electron chi connectivity index (χ3n) is 7.83. The van der Waals surface area contributed by atoms with Gasteiger partial charge in [-0.15, -0.1) is 0 Å². The van der Waals surface area contributed by atoms with Gasteiger partial charge in [0.05, 0.1) is 41.6 Å². The first-order valence-corrected chi connectivity index (χ1v) is 12.6. The van der Waals surface area contributed by atoms with Crippen molar-refractivity contribution in [2.75, 3.05) is 18.6 Å². The maximum atomic E-state index is 13.6. The molecule has 2 atom stereocenters. The lowest BCUT2D eigenvalue weighted by Gasteiger charge is -2.30. The van der Waals surface area contributed by atoms with Gasteiger partial charge in [-0.25, -0.2) is 4.79 Å². The summed E-state index contributed by atoms with van der Waals surface area (Å²) in [4.78, 5) is 27.5. The van der Waals surface area contributed by atoms with Gasteiger partial charge in [0.25, 0.3) is 5.91 Å². The Morgan fingerprint density at radius 1 is 0.947 bits per heavy atom. The van der Waals surface area contributed by atoms with Crippen molar-refractivity contribution in [2.24, 2.45) is 0 Å². The number of ether oxygens (including phenoxy) is 1. The van der Waals surface area contributed by atoms with Gasteiger partial charge in [0.1, 0.15) is 0 Å². The summed E-state index contributed by atoms with van der Waals surface area (Å²) in [6.07, 6.45) is -2.35. The molecule has 1 fully saturated rings. The highest BCUT2D eigenvalue weighted by molar-refractivity contribution is 6.02. The van der Waals surface area contributed by atoms with Crippen LogP contribution in [0.3, 0.4) is 0 Å². The molecule has 1 N–H and O–H groups in total. The lowest BCUT2D eigenvalue weighted by atomic mass is 9.96. The monoisotopic (exact) mass is 522 g/mol. The molecule has 5 nitrogen and oxygen atoms in total. The number of fused-ring (bicyclic) bond motifs is 2. The number of esters is 1. The number of alkyl halides is 3. The first-order valence-electron chi connectivity index (χ1n) is 12.6. The fourth-order valence-corrected chi connectivity index (χ4v) is 5.38. The summed E-state index contributed by atoms with van der Waals surface area (Å²) in [7, 11) is 1.32. The minimum Gasteiger partial charge on any atom is -0.465 e. The summed E-state index contributed by atoms with van der Waals surface area (Å²) in [5.41, 5.74) is 3.86. The number of nitrogens with zero attached hydrogens (tertiary/aromatic N) is 1. The molecule has 198 valence electrons. The predicted molar refractivity (Wildman–Crippen MR) is 138 cm³/mol. The van der Waals surface area contributed by atoms with E-state index in [0.717, 1.165) is 53.9 Å². The van der Waals surface area contributed by atoms with E-state index in [2.05, 4.69) is 16.3 Å². The van der Waals surface area contributed by atoms with Crippen molar-refractivity contribution < 1.29 is 27.5 Å². The fourth-order valence-electron chi connectivity index (χ4n) is 5.38. The van der Waals surface area contributed by atoms with Crippen LogP contribution in [0.15, 0.2) is 66.7 Å². The molecule has 1 spiro atoms. The smallest absolute Gasteiger partial charge is 0.416 e. The van der Waals surface area contributed by atoms with Crippen LogP contribution in [0.4, 0.5) is 18.9 Å². The number of amides is 1. The molecule has 1 amide bonds. The van der Waals surface area contributed by atoms with Crippen LogP contribution < -0.4 is 10.2 Å². The molecule has 0 saturated heterocycles. The predicted octanol–water partition coefficient (Wildman–Crippen LogP) is 6.60. The number of para-hydroxylation sites is 1. The summed E-state index contributed by atoms with van der Waals surface area (Å²) >= 11 is 0. The summed E-state index contributed by atoms with van der Waals surface area (Å²) in [5, 5.41) is 3.07. The molecule has 1 aliphatic heterocycles. The summed E-state index contributed by atoms with van der Waals surface area (Å²) in [6, 6.07) is 17.4. The average Bonchev–Trinajstić information content (AvgIpc) is 3.62. The number of carbonyl (C=O) groups excluding carboxylic acids is 2. The van der Waals surface area contributed by atoms with E-state index in [1.54, 1.807) is 30.3 Å². The molecule has 1 aliphatic carbocycles. The molecule has 2 aliphatic rings. The van der Waals surface area contributed by atoms with Gasteiger partial charge in [-0.1, -0.05) is 36.4 Å². The molecule has 8 heteroatoms. The number of methoxy groups -OCH3 is 1. The minimum atomic E-state index is -4.39. The molecule has 38 heavy (non-hydrogen) atoms. The molecule has 5 rings (SSSR count). The van der Waals surface area contributed by atoms with Crippen LogP contribution in [0.5, 0.6) is 0 Å². The van der Waals surface area contributed by atoms with Crippen LogP contribution in [0.1, 0.15) is 81.7 Å². The van der Waals surface area contributed by atoms with Gasteiger partial charge in [-0.2, -0.15) is 13.2 Å². The van der Waals surface area contributed by atoms with E-state index in [1.807, 2.05) is 19.9 Å². The molecule has 0 radical (unpaired) electrons. The Bertz CT molecular complexity index is 1360. The minimum absolute atomic E-state index is 0.0128. The average molecular weight is 523 g/mol. The van der Waals surface area contributed by atoms with Gasteiger partial charge in [0.15, 0.2) is 0 Å². The summed E-state index contributed by atoms with van der Waals surface area (Å²) < 4.78 is 44.0. The number of nitrogens with one attached hydrogen (secondary N) is 1.